The summed E-state index contributed by atoms with van der Waals surface area (Å²) in [5.41, 5.74) is 5.55. The SMILES string of the molecule is Cl.NCCC1CCCCN1S(=O)(=O)c1ccc(F)cc1. The van der Waals surface area contributed by atoms with Gasteiger partial charge in [-0.3, -0.25) is 0 Å². The van der Waals surface area contributed by atoms with Crippen LogP contribution >= 0.6 is 12.4 Å². The first-order chi connectivity index (χ1) is 9.05. The number of hydrogen-bond acceptors (Lipinski definition) is 3. The van der Waals surface area contributed by atoms with Crippen molar-refractivity contribution in [1.29, 1.82) is 0 Å². The highest BCUT2D eigenvalue weighted by molar-refractivity contribution is 7.89. The first-order valence-electron chi connectivity index (χ1n) is 6.53. The number of nitrogens with zero attached hydrogens (tertiary/aromatic N) is 1. The van der Waals surface area contributed by atoms with Crippen LogP contribution in [0.1, 0.15) is 25.7 Å². The lowest BCUT2D eigenvalue weighted by Crippen LogP contribution is -2.44. The molecule has 20 heavy (non-hydrogen) atoms. The van der Waals surface area contributed by atoms with Crippen LogP contribution in [0.5, 0.6) is 0 Å². The molecule has 1 aliphatic heterocycles. The minimum absolute atomic E-state index is 0. The van der Waals surface area contributed by atoms with E-state index in [0.717, 1.165) is 19.3 Å². The molecule has 1 aliphatic rings. The molecule has 1 fully saturated rings. The standard InChI is InChI=1S/C13H19FN2O2S.ClH/c14-11-4-6-13(7-5-11)19(17,18)16-10-2-1-3-12(16)8-9-15;/h4-7,12H,1-3,8-10,15H2;1H. The molecule has 0 amide bonds. The zero-order valence-electron chi connectivity index (χ0n) is 11.2. The fraction of sp³-hybridized carbons (Fsp3) is 0.538. The van der Waals surface area contributed by atoms with Gasteiger partial charge in [0.25, 0.3) is 0 Å². The van der Waals surface area contributed by atoms with Gasteiger partial charge in [-0.15, -0.1) is 12.4 Å². The van der Waals surface area contributed by atoms with Gasteiger partial charge in [0.1, 0.15) is 5.82 Å². The molecule has 0 saturated carbocycles. The first-order valence-corrected chi connectivity index (χ1v) is 7.97. The Labute approximate surface area is 125 Å². The molecule has 1 atom stereocenters. The molecule has 0 spiro atoms. The Kier molecular flexibility index (Phi) is 6.39. The van der Waals surface area contributed by atoms with Crippen molar-refractivity contribution in [2.24, 2.45) is 5.73 Å². The van der Waals surface area contributed by atoms with Crippen LogP contribution in [0.2, 0.25) is 0 Å². The van der Waals surface area contributed by atoms with Crippen LogP contribution in [0, 0.1) is 5.82 Å². The Balaban J connectivity index is 0.00000200. The maximum Gasteiger partial charge on any atom is 0.243 e. The predicted octanol–water partition coefficient (Wildman–Crippen LogP) is 2.14. The molecule has 1 heterocycles. The monoisotopic (exact) mass is 322 g/mol. The molecule has 4 nitrogen and oxygen atoms in total. The Morgan fingerprint density at radius 2 is 1.90 bits per heavy atom. The molecule has 1 saturated heterocycles. The minimum Gasteiger partial charge on any atom is -0.330 e. The quantitative estimate of drug-likeness (QED) is 0.923. The summed E-state index contributed by atoms with van der Waals surface area (Å²) in [5, 5.41) is 0. The molecule has 2 rings (SSSR count). The zero-order chi connectivity index (χ0) is 13.9. The van der Waals surface area contributed by atoms with Crippen molar-refractivity contribution in [3.8, 4) is 0 Å². The fourth-order valence-electron chi connectivity index (χ4n) is 2.51. The molecule has 114 valence electrons. The average molecular weight is 323 g/mol. The highest BCUT2D eigenvalue weighted by atomic mass is 35.5. The number of nitrogens with two attached hydrogens (primary N) is 1. The summed E-state index contributed by atoms with van der Waals surface area (Å²) in [5.74, 6) is -0.434. The van der Waals surface area contributed by atoms with Crippen LogP contribution in [0.3, 0.4) is 0 Å². The van der Waals surface area contributed by atoms with Crippen LogP contribution < -0.4 is 5.73 Å². The number of piperidine rings is 1. The van der Waals surface area contributed by atoms with E-state index in [-0.39, 0.29) is 23.3 Å². The Morgan fingerprint density at radius 3 is 2.50 bits per heavy atom. The zero-order valence-corrected chi connectivity index (χ0v) is 12.8. The topological polar surface area (TPSA) is 63.4 Å². The van der Waals surface area contributed by atoms with Crippen LogP contribution in [0.4, 0.5) is 4.39 Å². The highest BCUT2D eigenvalue weighted by Gasteiger charge is 2.32. The van der Waals surface area contributed by atoms with Gasteiger partial charge in [0, 0.05) is 12.6 Å². The number of benzene rings is 1. The average Bonchev–Trinajstić information content (AvgIpc) is 2.40. The van der Waals surface area contributed by atoms with Crippen molar-refractivity contribution in [3.05, 3.63) is 30.1 Å². The second-order valence-electron chi connectivity index (χ2n) is 4.80. The van der Waals surface area contributed by atoms with E-state index >= 15 is 0 Å². The second-order valence-corrected chi connectivity index (χ2v) is 6.69. The molecule has 0 radical (unpaired) electrons. The van der Waals surface area contributed by atoms with Gasteiger partial charge in [0.05, 0.1) is 4.90 Å². The lowest BCUT2D eigenvalue weighted by atomic mass is 10.0. The summed E-state index contributed by atoms with van der Waals surface area (Å²) in [4.78, 5) is 0.151. The summed E-state index contributed by atoms with van der Waals surface area (Å²) in [6, 6.07) is 4.95. The maximum absolute atomic E-state index is 12.9. The van der Waals surface area contributed by atoms with Crippen molar-refractivity contribution in [1.82, 2.24) is 4.31 Å². The van der Waals surface area contributed by atoms with Crippen molar-refractivity contribution in [2.45, 2.75) is 36.6 Å². The minimum atomic E-state index is -3.54. The fourth-order valence-corrected chi connectivity index (χ4v) is 4.24. The number of rotatable bonds is 4. The molecule has 0 aliphatic carbocycles. The molecule has 1 aromatic carbocycles. The van der Waals surface area contributed by atoms with Crippen LogP contribution in [0.25, 0.3) is 0 Å². The van der Waals surface area contributed by atoms with E-state index in [9.17, 15) is 12.8 Å². The number of halogens is 2. The van der Waals surface area contributed by atoms with Gasteiger partial charge in [0.15, 0.2) is 0 Å². The third kappa shape index (κ3) is 3.69. The Hall–Kier alpha value is -0.690. The van der Waals surface area contributed by atoms with Crippen molar-refractivity contribution in [3.63, 3.8) is 0 Å². The number of hydrogen-bond donors (Lipinski definition) is 1. The molecule has 1 unspecified atom stereocenters. The van der Waals surface area contributed by atoms with E-state index in [0.29, 0.717) is 19.5 Å². The third-order valence-corrected chi connectivity index (χ3v) is 5.46. The van der Waals surface area contributed by atoms with E-state index in [2.05, 4.69) is 0 Å². The normalized spacial score (nSPS) is 20.4. The van der Waals surface area contributed by atoms with Gasteiger partial charge >= 0.3 is 0 Å². The van der Waals surface area contributed by atoms with E-state index < -0.39 is 15.8 Å². The predicted molar refractivity (Wildman–Crippen MR) is 78.9 cm³/mol. The largest absolute Gasteiger partial charge is 0.330 e. The molecular formula is C13H20ClFN2O2S. The molecule has 2 N–H and O–H groups in total. The summed E-state index contributed by atoms with van der Waals surface area (Å²) >= 11 is 0. The molecular weight excluding hydrogens is 303 g/mol. The van der Waals surface area contributed by atoms with Crippen LogP contribution in [-0.4, -0.2) is 31.9 Å². The van der Waals surface area contributed by atoms with Crippen molar-refractivity contribution < 1.29 is 12.8 Å². The van der Waals surface area contributed by atoms with Gasteiger partial charge in [-0.1, -0.05) is 6.42 Å². The summed E-state index contributed by atoms with van der Waals surface area (Å²) in [7, 11) is -3.54. The van der Waals surface area contributed by atoms with Gasteiger partial charge in [-0.25, -0.2) is 12.8 Å². The van der Waals surface area contributed by atoms with Crippen molar-refractivity contribution in [2.75, 3.05) is 13.1 Å². The molecule has 0 aromatic heterocycles. The molecule has 0 bridgehead atoms. The van der Waals surface area contributed by atoms with Gasteiger partial charge in [-0.2, -0.15) is 4.31 Å². The third-order valence-electron chi connectivity index (χ3n) is 3.49. The van der Waals surface area contributed by atoms with Gasteiger partial charge < -0.3 is 5.73 Å². The molecule has 1 aromatic rings. The first kappa shape index (κ1) is 17.4. The van der Waals surface area contributed by atoms with Crippen molar-refractivity contribution >= 4 is 22.4 Å². The lowest BCUT2D eigenvalue weighted by molar-refractivity contribution is 0.243. The summed E-state index contributed by atoms with van der Waals surface area (Å²) in [6.45, 7) is 0.991. The summed E-state index contributed by atoms with van der Waals surface area (Å²) in [6.07, 6.45) is 3.40. The Morgan fingerprint density at radius 1 is 1.25 bits per heavy atom. The number of sulfonamides is 1. The summed E-state index contributed by atoms with van der Waals surface area (Å²) < 4.78 is 39.5. The lowest BCUT2D eigenvalue weighted by Gasteiger charge is -2.34. The van der Waals surface area contributed by atoms with E-state index in [4.69, 9.17) is 5.73 Å². The van der Waals surface area contributed by atoms with Crippen LogP contribution in [0.15, 0.2) is 29.2 Å². The van der Waals surface area contributed by atoms with Gasteiger partial charge in [-0.05, 0) is 50.1 Å². The van der Waals surface area contributed by atoms with Crippen LogP contribution in [-0.2, 0) is 10.0 Å². The highest BCUT2D eigenvalue weighted by Crippen LogP contribution is 2.26. The Bertz CT molecular complexity index is 520. The smallest absolute Gasteiger partial charge is 0.243 e. The van der Waals surface area contributed by atoms with Gasteiger partial charge in [0.2, 0.25) is 10.0 Å². The van der Waals surface area contributed by atoms with E-state index in [1.54, 1.807) is 0 Å². The molecule has 7 heteroatoms. The second kappa shape index (κ2) is 7.36. The maximum atomic E-state index is 12.9. The van der Waals surface area contributed by atoms with E-state index in [1.807, 2.05) is 0 Å². The van der Waals surface area contributed by atoms with E-state index in [1.165, 1.54) is 28.6 Å².